The van der Waals surface area contributed by atoms with Crippen LogP contribution < -0.4 is 15.8 Å². The van der Waals surface area contributed by atoms with Crippen molar-refractivity contribution in [3.05, 3.63) is 54.1 Å². The van der Waals surface area contributed by atoms with Crippen LogP contribution in [0, 0.1) is 12.8 Å². The fourth-order valence-electron chi connectivity index (χ4n) is 1.95. The molecule has 2 aromatic carbocycles. The van der Waals surface area contributed by atoms with E-state index in [4.69, 9.17) is 10.5 Å². The van der Waals surface area contributed by atoms with Gasteiger partial charge in [-0.05, 0) is 43.7 Å². The SMILES string of the molecule is Cc1cccc(Oc2ccccc2NC(=O)C(C)C(C)N)c1. The van der Waals surface area contributed by atoms with Crippen LogP contribution in [0.5, 0.6) is 11.5 Å². The van der Waals surface area contributed by atoms with Gasteiger partial charge in [0.25, 0.3) is 0 Å². The van der Waals surface area contributed by atoms with Crippen molar-refractivity contribution in [2.75, 3.05) is 5.32 Å². The molecule has 0 saturated heterocycles. The van der Waals surface area contributed by atoms with Crippen LogP contribution in [0.15, 0.2) is 48.5 Å². The van der Waals surface area contributed by atoms with Crippen LogP contribution in [0.4, 0.5) is 5.69 Å². The molecular formula is C18H22N2O2. The summed E-state index contributed by atoms with van der Waals surface area (Å²) in [5.41, 5.74) is 7.53. The van der Waals surface area contributed by atoms with E-state index in [1.807, 2.05) is 69.3 Å². The first kappa shape index (κ1) is 16.0. The van der Waals surface area contributed by atoms with Crippen molar-refractivity contribution < 1.29 is 9.53 Å². The fourth-order valence-corrected chi connectivity index (χ4v) is 1.95. The average molecular weight is 298 g/mol. The van der Waals surface area contributed by atoms with Crippen LogP contribution in [0.3, 0.4) is 0 Å². The number of rotatable bonds is 5. The second-order valence-electron chi connectivity index (χ2n) is 5.55. The van der Waals surface area contributed by atoms with Crippen molar-refractivity contribution in [1.82, 2.24) is 0 Å². The molecule has 0 aliphatic rings. The summed E-state index contributed by atoms with van der Waals surface area (Å²) in [7, 11) is 0. The van der Waals surface area contributed by atoms with Crippen molar-refractivity contribution in [3.63, 3.8) is 0 Å². The highest BCUT2D eigenvalue weighted by Gasteiger charge is 2.18. The van der Waals surface area contributed by atoms with Crippen LogP contribution in [0.25, 0.3) is 0 Å². The lowest BCUT2D eigenvalue weighted by Crippen LogP contribution is -2.34. The number of carbonyl (C=O) groups is 1. The summed E-state index contributed by atoms with van der Waals surface area (Å²) in [6, 6.07) is 14.9. The lowest BCUT2D eigenvalue weighted by Gasteiger charge is -2.17. The van der Waals surface area contributed by atoms with Gasteiger partial charge in [-0.3, -0.25) is 4.79 Å². The quantitative estimate of drug-likeness (QED) is 0.884. The fraction of sp³-hybridized carbons (Fsp3) is 0.278. The third-order valence-corrected chi connectivity index (χ3v) is 3.56. The molecule has 0 heterocycles. The molecule has 0 fully saturated rings. The minimum absolute atomic E-state index is 0.115. The first-order valence-electron chi connectivity index (χ1n) is 7.37. The molecular weight excluding hydrogens is 276 g/mol. The van der Waals surface area contributed by atoms with E-state index < -0.39 is 0 Å². The average Bonchev–Trinajstić information content (AvgIpc) is 2.48. The monoisotopic (exact) mass is 298 g/mol. The van der Waals surface area contributed by atoms with Crippen LogP contribution >= 0.6 is 0 Å². The molecule has 116 valence electrons. The van der Waals surface area contributed by atoms with Gasteiger partial charge < -0.3 is 15.8 Å². The summed E-state index contributed by atoms with van der Waals surface area (Å²) in [6.07, 6.45) is 0. The molecule has 0 radical (unpaired) electrons. The number of aryl methyl sites for hydroxylation is 1. The van der Waals surface area contributed by atoms with Gasteiger partial charge in [-0.2, -0.15) is 0 Å². The van der Waals surface area contributed by atoms with E-state index in [2.05, 4.69) is 5.32 Å². The summed E-state index contributed by atoms with van der Waals surface area (Å²) in [4.78, 5) is 12.2. The predicted octanol–water partition coefficient (Wildman–Crippen LogP) is 3.71. The Bertz CT molecular complexity index is 653. The molecule has 0 aromatic heterocycles. The topological polar surface area (TPSA) is 64.3 Å². The zero-order chi connectivity index (χ0) is 16.1. The summed E-state index contributed by atoms with van der Waals surface area (Å²) in [6.45, 7) is 5.63. The van der Waals surface area contributed by atoms with E-state index in [9.17, 15) is 4.79 Å². The van der Waals surface area contributed by atoms with E-state index in [0.717, 1.165) is 11.3 Å². The van der Waals surface area contributed by atoms with E-state index >= 15 is 0 Å². The lowest BCUT2D eigenvalue weighted by atomic mass is 10.0. The number of benzene rings is 2. The van der Waals surface area contributed by atoms with Crippen molar-refractivity contribution in [1.29, 1.82) is 0 Å². The molecule has 2 unspecified atom stereocenters. The Morgan fingerprint density at radius 2 is 1.86 bits per heavy atom. The standard InChI is InChI=1S/C18H22N2O2/c1-12-7-6-8-15(11-12)22-17-10-5-4-9-16(17)20-18(21)13(2)14(3)19/h4-11,13-14H,19H2,1-3H3,(H,20,21). The normalized spacial score (nSPS) is 13.3. The van der Waals surface area contributed by atoms with Crippen LogP contribution in [-0.4, -0.2) is 11.9 Å². The third kappa shape index (κ3) is 4.09. The Morgan fingerprint density at radius 3 is 2.55 bits per heavy atom. The number of ether oxygens (including phenoxy) is 1. The van der Waals surface area contributed by atoms with E-state index in [-0.39, 0.29) is 17.9 Å². The molecule has 0 bridgehead atoms. The number of amides is 1. The number of nitrogens with two attached hydrogens (primary N) is 1. The minimum atomic E-state index is -0.271. The molecule has 0 saturated carbocycles. The van der Waals surface area contributed by atoms with Gasteiger partial charge in [0.2, 0.25) is 5.91 Å². The maximum absolute atomic E-state index is 12.2. The highest BCUT2D eigenvalue weighted by Crippen LogP contribution is 2.30. The molecule has 1 amide bonds. The van der Waals surface area contributed by atoms with Crippen LogP contribution in [0.1, 0.15) is 19.4 Å². The van der Waals surface area contributed by atoms with Crippen LogP contribution in [-0.2, 0) is 4.79 Å². The van der Waals surface area contributed by atoms with Gasteiger partial charge in [-0.25, -0.2) is 0 Å². The molecule has 3 N–H and O–H groups in total. The molecule has 2 aromatic rings. The van der Waals surface area contributed by atoms with E-state index in [1.54, 1.807) is 0 Å². The molecule has 0 aliphatic carbocycles. The Hall–Kier alpha value is -2.33. The minimum Gasteiger partial charge on any atom is -0.455 e. The van der Waals surface area contributed by atoms with Gasteiger partial charge in [0.05, 0.1) is 11.6 Å². The summed E-state index contributed by atoms with van der Waals surface area (Å²) in [5.74, 6) is 0.961. The van der Waals surface area contributed by atoms with Gasteiger partial charge in [0, 0.05) is 6.04 Å². The molecule has 4 nitrogen and oxygen atoms in total. The summed E-state index contributed by atoms with van der Waals surface area (Å²) >= 11 is 0. The summed E-state index contributed by atoms with van der Waals surface area (Å²) < 4.78 is 5.89. The van der Waals surface area contributed by atoms with Crippen molar-refractivity contribution in [3.8, 4) is 11.5 Å². The van der Waals surface area contributed by atoms with E-state index in [1.165, 1.54) is 0 Å². The second-order valence-corrected chi connectivity index (χ2v) is 5.55. The first-order valence-corrected chi connectivity index (χ1v) is 7.37. The van der Waals surface area contributed by atoms with Crippen molar-refractivity contribution in [2.45, 2.75) is 26.8 Å². The number of nitrogens with one attached hydrogen (secondary N) is 1. The molecule has 2 atom stereocenters. The smallest absolute Gasteiger partial charge is 0.228 e. The second kappa shape index (κ2) is 7.09. The zero-order valence-electron chi connectivity index (χ0n) is 13.2. The van der Waals surface area contributed by atoms with Crippen molar-refractivity contribution >= 4 is 11.6 Å². The molecule has 2 rings (SSSR count). The van der Waals surface area contributed by atoms with Gasteiger partial charge in [0.1, 0.15) is 5.75 Å². The number of anilines is 1. The van der Waals surface area contributed by atoms with Crippen LogP contribution in [0.2, 0.25) is 0 Å². The zero-order valence-corrected chi connectivity index (χ0v) is 13.2. The number of hydrogen-bond acceptors (Lipinski definition) is 3. The lowest BCUT2D eigenvalue weighted by molar-refractivity contribution is -0.119. The number of para-hydroxylation sites is 2. The number of carbonyl (C=O) groups excluding carboxylic acids is 1. The van der Waals surface area contributed by atoms with Gasteiger partial charge in [-0.1, -0.05) is 31.2 Å². The molecule has 0 spiro atoms. The van der Waals surface area contributed by atoms with Crippen molar-refractivity contribution in [2.24, 2.45) is 11.7 Å². The van der Waals surface area contributed by atoms with Gasteiger partial charge >= 0.3 is 0 Å². The molecule has 0 aliphatic heterocycles. The Morgan fingerprint density at radius 1 is 1.14 bits per heavy atom. The molecule has 22 heavy (non-hydrogen) atoms. The largest absolute Gasteiger partial charge is 0.455 e. The molecule has 4 heteroatoms. The highest BCUT2D eigenvalue weighted by atomic mass is 16.5. The Labute approximate surface area is 131 Å². The van der Waals surface area contributed by atoms with E-state index in [0.29, 0.717) is 11.4 Å². The number of hydrogen-bond donors (Lipinski definition) is 2. The summed E-state index contributed by atoms with van der Waals surface area (Å²) in [5, 5.41) is 2.88. The maximum Gasteiger partial charge on any atom is 0.228 e. The van der Waals surface area contributed by atoms with Gasteiger partial charge in [-0.15, -0.1) is 0 Å². The Kier molecular flexibility index (Phi) is 5.17. The Balaban J connectivity index is 2.18. The third-order valence-electron chi connectivity index (χ3n) is 3.56. The highest BCUT2D eigenvalue weighted by molar-refractivity contribution is 5.94. The maximum atomic E-state index is 12.2. The first-order chi connectivity index (χ1) is 10.5. The van der Waals surface area contributed by atoms with Gasteiger partial charge in [0.15, 0.2) is 5.75 Å². The predicted molar refractivity (Wildman–Crippen MR) is 89.1 cm³/mol.